The lowest BCUT2D eigenvalue weighted by atomic mass is 10.3. The van der Waals surface area contributed by atoms with E-state index >= 15 is 0 Å². The van der Waals surface area contributed by atoms with Crippen molar-refractivity contribution < 1.29 is 0 Å². The Morgan fingerprint density at radius 2 is 2.07 bits per heavy atom. The molecular weight excluding hydrogens is 235 g/mol. The van der Waals surface area contributed by atoms with Crippen LogP contribution in [0.3, 0.4) is 0 Å². The molecule has 2 heterocycles. The van der Waals surface area contributed by atoms with Gasteiger partial charge in [0.05, 0.1) is 0 Å². The van der Waals surface area contributed by atoms with Crippen LogP contribution in [0.1, 0.15) is 5.56 Å². The fourth-order valence-corrected chi connectivity index (χ4v) is 1.95. The van der Waals surface area contributed by atoms with Gasteiger partial charge in [-0.05, 0) is 11.6 Å². The highest BCUT2D eigenvalue weighted by molar-refractivity contribution is 6.32. The molecule has 4 nitrogen and oxygen atoms in total. The Morgan fingerprint density at radius 1 is 1.33 bits per heavy atom. The quantitative estimate of drug-likeness (QED) is 0.629. The molecule has 1 aromatic heterocycles. The van der Waals surface area contributed by atoms with Crippen LogP contribution >= 0.6 is 23.2 Å². The SMILES string of the molecule is Clc1ncc(CN2CCNCC2)c(Cl)n1. The minimum Gasteiger partial charge on any atom is -0.314 e. The van der Waals surface area contributed by atoms with E-state index in [-0.39, 0.29) is 5.28 Å². The Bertz CT molecular complexity index is 339. The van der Waals surface area contributed by atoms with E-state index in [0.29, 0.717) is 5.15 Å². The second-order valence-electron chi connectivity index (χ2n) is 3.48. The Kier molecular flexibility index (Phi) is 3.75. The van der Waals surface area contributed by atoms with Crippen LogP contribution in [0.5, 0.6) is 0 Å². The molecule has 15 heavy (non-hydrogen) atoms. The molecule has 1 aliphatic rings. The molecule has 0 bridgehead atoms. The lowest BCUT2D eigenvalue weighted by Gasteiger charge is -2.27. The normalized spacial score (nSPS) is 18.0. The Balaban J connectivity index is 2.03. The maximum atomic E-state index is 5.97. The number of piperazine rings is 1. The maximum absolute atomic E-state index is 5.97. The zero-order chi connectivity index (χ0) is 10.7. The standard InChI is InChI=1S/C9H12Cl2N4/c10-8-7(5-13-9(11)14-8)6-15-3-1-12-2-4-15/h5,12H,1-4,6H2. The summed E-state index contributed by atoms with van der Waals surface area (Å²) in [5, 5.41) is 3.95. The number of aromatic nitrogens is 2. The lowest BCUT2D eigenvalue weighted by Crippen LogP contribution is -2.42. The summed E-state index contributed by atoms with van der Waals surface area (Å²) in [6, 6.07) is 0. The third-order valence-electron chi connectivity index (χ3n) is 2.39. The van der Waals surface area contributed by atoms with Crippen molar-refractivity contribution >= 4 is 23.2 Å². The highest BCUT2D eigenvalue weighted by Crippen LogP contribution is 2.16. The molecule has 1 aliphatic heterocycles. The monoisotopic (exact) mass is 246 g/mol. The minimum absolute atomic E-state index is 0.198. The van der Waals surface area contributed by atoms with E-state index in [4.69, 9.17) is 23.2 Å². The van der Waals surface area contributed by atoms with Crippen LogP contribution in [0.2, 0.25) is 10.4 Å². The summed E-state index contributed by atoms with van der Waals surface area (Å²) in [5.41, 5.74) is 0.933. The molecule has 0 spiro atoms. The molecule has 0 radical (unpaired) electrons. The molecule has 0 amide bonds. The van der Waals surface area contributed by atoms with Crippen LogP contribution < -0.4 is 5.32 Å². The van der Waals surface area contributed by atoms with Crippen molar-refractivity contribution in [1.29, 1.82) is 0 Å². The van der Waals surface area contributed by atoms with Gasteiger partial charge in [-0.1, -0.05) is 11.6 Å². The summed E-state index contributed by atoms with van der Waals surface area (Å²) in [6.45, 7) is 4.88. The summed E-state index contributed by atoms with van der Waals surface area (Å²) >= 11 is 11.6. The van der Waals surface area contributed by atoms with Gasteiger partial charge >= 0.3 is 0 Å². The first-order valence-electron chi connectivity index (χ1n) is 4.86. The lowest BCUT2D eigenvalue weighted by molar-refractivity contribution is 0.233. The molecule has 0 aromatic carbocycles. The van der Waals surface area contributed by atoms with Crippen molar-refractivity contribution in [2.75, 3.05) is 26.2 Å². The first kappa shape index (κ1) is 11.1. The zero-order valence-corrected chi connectivity index (χ0v) is 9.72. The molecule has 82 valence electrons. The number of hydrogen-bond acceptors (Lipinski definition) is 4. The van der Waals surface area contributed by atoms with E-state index < -0.39 is 0 Å². The van der Waals surface area contributed by atoms with E-state index in [2.05, 4.69) is 20.2 Å². The number of hydrogen-bond donors (Lipinski definition) is 1. The van der Waals surface area contributed by atoms with E-state index in [0.717, 1.165) is 38.3 Å². The highest BCUT2D eigenvalue weighted by Gasteiger charge is 2.12. The summed E-state index contributed by atoms with van der Waals surface area (Å²) in [6.07, 6.45) is 1.69. The van der Waals surface area contributed by atoms with Gasteiger partial charge in [-0.3, -0.25) is 4.90 Å². The summed E-state index contributed by atoms with van der Waals surface area (Å²) in [7, 11) is 0. The highest BCUT2D eigenvalue weighted by atomic mass is 35.5. The van der Waals surface area contributed by atoms with E-state index in [1.54, 1.807) is 6.20 Å². The van der Waals surface area contributed by atoms with Gasteiger partial charge in [0.2, 0.25) is 5.28 Å². The van der Waals surface area contributed by atoms with Crippen LogP contribution in [0.15, 0.2) is 6.20 Å². The Morgan fingerprint density at radius 3 is 2.73 bits per heavy atom. The Labute approximate surface area is 98.6 Å². The van der Waals surface area contributed by atoms with Gasteiger partial charge in [0.1, 0.15) is 5.15 Å². The fraction of sp³-hybridized carbons (Fsp3) is 0.556. The molecule has 0 saturated carbocycles. The molecule has 1 aromatic rings. The first-order valence-corrected chi connectivity index (χ1v) is 5.61. The second kappa shape index (κ2) is 5.07. The van der Waals surface area contributed by atoms with Gasteiger partial charge in [0, 0.05) is 44.5 Å². The smallest absolute Gasteiger partial charge is 0.223 e. The average Bonchev–Trinajstić information content (AvgIpc) is 2.24. The summed E-state index contributed by atoms with van der Waals surface area (Å²) in [5.74, 6) is 0. The molecule has 0 aliphatic carbocycles. The van der Waals surface area contributed by atoms with Gasteiger partial charge in [-0.15, -0.1) is 0 Å². The second-order valence-corrected chi connectivity index (χ2v) is 4.18. The summed E-state index contributed by atoms with van der Waals surface area (Å²) in [4.78, 5) is 10.2. The van der Waals surface area contributed by atoms with Gasteiger partial charge in [-0.25, -0.2) is 9.97 Å². The number of halogens is 2. The topological polar surface area (TPSA) is 41.1 Å². The average molecular weight is 247 g/mol. The van der Waals surface area contributed by atoms with Gasteiger partial charge in [-0.2, -0.15) is 0 Å². The zero-order valence-electron chi connectivity index (χ0n) is 8.21. The van der Waals surface area contributed by atoms with E-state index in [1.165, 1.54) is 0 Å². The van der Waals surface area contributed by atoms with Gasteiger partial charge in [0.25, 0.3) is 0 Å². The van der Waals surface area contributed by atoms with Gasteiger partial charge < -0.3 is 5.32 Å². The van der Waals surface area contributed by atoms with Crippen molar-refractivity contribution in [1.82, 2.24) is 20.2 Å². The maximum Gasteiger partial charge on any atom is 0.223 e. The minimum atomic E-state index is 0.198. The molecule has 6 heteroatoms. The fourth-order valence-electron chi connectivity index (χ4n) is 1.58. The van der Waals surface area contributed by atoms with Crippen LogP contribution in [-0.2, 0) is 6.54 Å². The Hall–Kier alpha value is -0.420. The molecular formula is C9H12Cl2N4. The van der Waals surface area contributed by atoms with Crippen LogP contribution in [0, 0.1) is 0 Å². The third kappa shape index (κ3) is 3.01. The number of nitrogens with one attached hydrogen (secondary N) is 1. The molecule has 1 saturated heterocycles. The van der Waals surface area contributed by atoms with Crippen molar-refractivity contribution in [2.24, 2.45) is 0 Å². The van der Waals surface area contributed by atoms with Crippen molar-refractivity contribution in [2.45, 2.75) is 6.54 Å². The van der Waals surface area contributed by atoms with Crippen LogP contribution in [-0.4, -0.2) is 41.0 Å². The van der Waals surface area contributed by atoms with E-state index in [1.807, 2.05) is 0 Å². The van der Waals surface area contributed by atoms with Crippen molar-refractivity contribution in [3.8, 4) is 0 Å². The van der Waals surface area contributed by atoms with E-state index in [9.17, 15) is 0 Å². The largest absolute Gasteiger partial charge is 0.314 e. The van der Waals surface area contributed by atoms with Crippen molar-refractivity contribution in [3.05, 3.63) is 22.2 Å². The van der Waals surface area contributed by atoms with Crippen LogP contribution in [0.25, 0.3) is 0 Å². The molecule has 1 fully saturated rings. The first-order chi connectivity index (χ1) is 7.25. The molecule has 2 rings (SSSR count). The molecule has 1 N–H and O–H groups in total. The number of rotatable bonds is 2. The summed E-state index contributed by atoms with van der Waals surface area (Å²) < 4.78 is 0. The van der Waals surface area contributed by atoms with Crippen LogP contribution in [0.4, 0.5) is 0 Å². The number of nitrogens with zero attached hydrogens (tertiary/aromatic N) is 3. The predicted molar refractivity (Wildman–Crippen MR) is 60.2 cm³/mol. The third-order valence-corrected chi connectivity index (χ3v) is 2.90. The predicted octanol–water partition coefficient (Wildman–Crippen LogP) is 1.19. The van der Waals surface area contributed by atoms with Gasteiger partial charge in [0.15, 0.2) is 0 Å². The van der Waals surface area contributed by atoms with Crippen molar-refractivity contribution in [3.63, 3.8) is 0 Å². The molecule has 0 unspecified atom stereocenters. The molecule has 0 atom stereocenters.